The summed E-state index contributed by atoms with van der Waals surface area (Å²) in [5, 5.41) is 9.57. The summed E-state index contributed by atoms with van der Waals surface area (Å²) in [6.07, 6.45) is 1.96. The van der Waals surface area contributed by atoms with Gasteiger partial charge in [0, 0.05) is 18.8 Å². The summed E-state index contributed by atoms with van der Waals surface area (Å²) < 4.78 is 28.2. The summed E-state index contributed by atoms with van der Waals surface area (Å²) in [4.78, 5) is 13.7. The van der Waals surface area contributed by atoms with Crippen LogP contribution in [-0.4, -0.2) is 32.6 Å². The zero-order valence-electron chi connectivity index (χ0n) is 14.5. The van der Waals surface area contributed by atoms with E-state index < -0.39 is 16.0 Å². The highest BCUT2D eigenvalue weighted by Crippen LogP contribution is 2.30. The van der Waals surface area contributed by atoms with Crippen LogP contribution in [0.25, 0.3) is 0 Å². The molecule has 0 spiro atoms. The van der Waals surface area contributed by atoms with Gasteiger partial charge in [-0.1, -0.05) is 13.3 Å². The van der Waals surface area contributed by atoms with Gasteiger partial charge in [0.1, 0.15) is 4.21 Å². The van der Waals surface area contributed by atoms with Crippen LogP contribution in [0.4, 0.5) is 11.4 Å². The monoisotopic (exact) mass is 460 g/mol. The minimum atomic E-state index is -3.76. The molecule has 0 radical (unpaired) electrons. The van der Waals surface area contributed by atoms with Gasteiger partial charge in [-0.25, -0.2) is 13.2 Å². The second-order valence-corrected chi connectivity index (χ2v) is 10.0. The van der Waals surface area contributed by atoms with Gasteiger partial charge >= 0.3 is 5.97 Å². The van der Waals surface area contributed by atoms with Crippen molar-refractivity contribution in [2.75, 3.05) is 22.7 Å². The maximum Gasteiger partial charge on any atom is 0.337 e. The Morgan fingerprint density at radius 2 is 2.00 bits per heavy atom. The molecule has 2 N–H and O–H groups in total. The first-order valence-electron chi connectivity index (χ1n) is 8.19. The molecule has 0 unspecified atom stereocenters. The Balaban J connectivity index is 2.34. The van der Waals surface area contributed by atoms with Crippen molar-refractivity contribution >= 4 is 54.6 Å². The van der Waals surface area contributed by atoms with Crippen molar-refractivity contribution in [3.63, 3.8) is 0 Å². The molecular weight excluding hydrogens is 440 g/mol. The molecule has 0 bridgehead atoms. The normalized spacial score (nSPS) is 11.3. The van der Waals surface area contributed by atoms with E-state index in [-0.39, 0.29) is 15.5 Å². The third-order valence-corrected chi connectivity index (χ3v) is 7.29. The number of thiophene rings is 1. The molecular formula is C17H21BrN2O4S2. The minimum absolute atomic E-state index is 0.0792. The fourth-order valence-electron chi connectivity index (χ4n) is 2.49. The van der Waals surface area contributed by atoms with Crippen LogP contribution in [0, 0.1) is 0 Å². The Morgan fingerprint density at radius 1 is 1.27 bits per heavy atom. The van der Waals surface area contributed by atoms with E-state index in [9.17, 15) is 18.3 Å². The van der Waals surface area contributed by atoms with E-state index in [1.807, 2.05) is 11.8 Å². The Hall–Kier alpha value is -1.58. The lowest BCUT2D eigenvalue weighted by Gasteiger charge is -2.25. The van der Waals surface area contributed by atoms with Gasteiger partial charge in [-0.15, -0.1) is 11.3 Å². The van der Waals surface area contributed by atoms with E-state index in [2.05, 4.69) is 27.6 Å². The van der Waals surface area contributed by atoms with Crippen molar-refractivity contribution in [1.82, 2.24) is 0 Å². The average molecular weight is 461 g/mol. The van der Waals surface area contributed by atoms with E-state index in [4.69, 9.17) is 0 Å². The van der Waals surface area contributed by atoms with Gasteiger partial charge in [-0.2, -0.15) is 0 Å². The van der Waals surface area contributed by atoms with Crippen LogP contribution >= 0.6 is 27.3 Å². The fraction of sp³-hybridized carbons (Fsp3) is 0.353. The third kappa shape index (κ3) is 4.99. The number of halogens is 1. The number of nitrogens with zero attached hydrogens (tertiary/aromatic N) is 1. The number of carboxylic acid groups (broad SMARTS) is 1. The molecule has 2 aromatic rings. The molecule has 0 fully saturated rings. The van der Waals surface area contributed by atoms with Crippen LogP contribution in [-0.2, 0) is 10.0 Å². The molecule has 0 saturated carbocycles. The highest BCUT2D eigenvalue weighted by molar-refractivity contribution is 9.11. The van der Waals surface area contributed by atoms with Crippen LogP contribution in [0.5, 0.6) is 0 Å². The molecule has 0 amide bonds. The maximum atomic E-state index is 12.4. The Bertz CT molecular complexity index is 881. The summed E-state index contributed by atoms with van der Waals surface area (Å²) in [5.74, 6) is -1.09. The van der Waals surface area contributed by atoms with Crippen molar-refractivity contribution in [3.05, 3.63) is 39.7 Å². The van der Waals surface area contributed by atoms with Gasteiger partial charge in [-0.05, 0) is 59.6 Å². The van der Waals surface area contributed by atoms with Crippen molar-refractivity contribution in [2.45, 2.75) is 30.9 Å². The van der Waals surface area contributed by atoms with Crippen LogP contribution in [0.1, 0.15) is 37.0 Å². The van der Waals surface area contributed by atoms with Gasteiger partial charge in [0.2, 0.25) is 0 Å². The zero-order valence-corrected chi connectivity index (χ0v) is 17.7. The molecule has 26 heavy (non-hydrogen) atoms. The van der Waals surface area contributed by atoms with E-state index in [1.165, 1.54) is 12.1 Å². The Kier molecular flexibility index (Phi) is 7.08. The number of carboxylic acids is 1. The molecule has 1 heterocycles. The lowest BCUT2D eigenvalue weighted by molar-refractivity contribution is 0.0697. The molecule has 1 aromatic carbocycles. The number of hydrogen-bond acceptors (Lipinski definition) is 5. The smallest absolute Gasteiger partial charge is 0.337 e. The highest BCUT2D eigenvalue weighted by Gasteiger charge is 2.20. The van der Waals surface area contributed by atoms with Gasteiger partial charge in [0.25, 0.3) is 10.0 Å². The maximum absolute atomic E-state index is 12.4. The van der Waals surface area contributed by atoms with E-state index >= 15 is 0 Å². The summed E-state index contributed by atoms with van der Waals surface area (Å²) in [6.45, 7) is 5.47. The molecule has 9 heteroatoms. The van der Waals surface area contributed by atoms with Crippen molar-refractivity contribution in [2.24, 2.45) is 0 Å². The fourth-order valence-corrected chi connectivity index (χ4v) is 5.55. The quantitative estimate of drug-likeness (QED) is 0.569. The van der Waals surface area contributed by atoms with E-state index in [1.54, 1.807) is 18.2 Å². The first-order valence-corrected chi connectivity index (χ1v) is 11.3. The number of benzene rings is 1. The zero-order chi connectivity index (χ0) is 19.3. The second-order valence-electron chi connectivity index (χ2n) is 5.63. The van der Waals surface area contributed by atoms with Crippen LogP contribution in [0.2, 0.25) is 0 Å². The largest absolute Gasteiger partial charge is 0.478 e. The molecule has 0 aliphatic carbocycles. The molecule has 0 saturated heterocycles. The Morgan fingerprint density at radius 3 is 2.54 bits per heavy atom. The van der Waals surface area contributed by atoms with Crippen LogP contribution < -0.4 is 9.62 Å². The van der Waals surface area contributed by atoms with Crippen LogP contribution in [0.15, 0.2) is 38.3 Å². The molecule has 0 aliphatic heterocycles. The number of carbonyl (C=O) groups is 1. The van der Waals surface area contributed by atoms with Gasteiger partial charge in [-0.3, -0.25) is 4.72 Å². The first-order chi connectivity index (χ1) is 12.3. The number of nitrogens with one attached hydrogen (secondary N) is 1. The standard InChI is InChI=1S/C17H21BrN2O4S2/c1-3-5-10-20(4-2)14-7-6-12(11-13(14)17(21)22)19-26(23,24)16-9-8-15(18)25-16/h6-9,11,19H,3-5,10H2,1-2H3,(H,21,22). The minimum Gasteiger partial charge on any atom is -0.478 e. The summed E-state index contributed by atoms with van der Waals surface area (Å²) in [6, 6.07) is 7.76. The van der Waals surface area contributed by atoms with Crippen LogP contribution in [0.3, 0.4) is 0 Å². The van der Waals surface area contributed by atoms with Crippen molar-refractivity contribution < 1.29 is 18.3 Å². The molecule has 0 aliphatic rings. The van der Waals surface area contributed by atoms with Crippen molar-refractivity contribution in [3.8, 4) is 0 Å². The van der Waals surface area contributed by atoms with Gasteiger partial charge < -0.3 is 10.0 Å². The molecule has 0 atom stereocenters. The van der Waals surface area contributed by atoms with E-state index in [0.29, 0.717) is 16.0 Å². The predicted octanol–water partition coefficient (Wildman–Crippen LogP) is 4.64. The molecule has 1 aromatic heterocycles. The molecule has 142 valence electrons. The number of hydrogen-bond donors (Lipinski definition) is 2. The average Bonchev–Trinajstić information content (AvgIpc) is 3.03. The summed E-state index contributed by atoms with van der Waals surface area (Å²) in [5.41, 5.74) is 0.896. The van der Waals surface area contributed by atoms with Crippen molar-refractivity contribution in [1.29, 1.82) is 0 Å². The summed E-state index contributed by atoms with van der Waals surface area (Å²) >= 11 is 4.32. The highest BCUT2D eigenvalue weighted by atomic mass is 79.9. The number of rotatable bonds is 9. The van der Waals surface area contributed by atoms with E-state index in [0.717, 1.165) is 30.7 Å². The predicted molar refractivity (Wildman–Crippen MR) is 109 cm³/mol. The SMILES string of the molecule is CCCCN(CC)c1ccc(NS(=O)(=O)c2ccc(Br)s2)cc1C(=O)O. The second kappa shape index (κ2) is 8.88. The summed E-state index contributed by atoms with van der Waals surface area (Å²) in [7, 11) is -3.76. The Labute approximate surface area is 166 Å². The molecule has 6 nitrogen and oxygen atoms in total. The first kappa shape index (κ1) is 20.7. The number of unbranched alkanes of at least 4 members (excludes halogenated alkanes) is 1. The number of anilines is 2. The van der Waals surface area contributed by atoms with Gasteiger partial charge in [0.15, 0.2) is 0 Å². The third-order valence-electron chi connectivity index (χ3n) is 3.80. The lowest BCUT2D eigenvalue weighted by Crippen LogP contribution is -2.26. The number of sulfonamides is 1. The number of aromatic carboxylic acids is 1. The topological polar surface area (TPSA) is 86.7 Å². The lowest BCUT2D eigenvalue weighted by atomic mass is 10.1. The molecule has 2 rings (SSSR count). The van der Waals surface area contributed by atoms with Gasteiger partial charge in [0.05, 0.1) is 15.0 Å².